The van der Waals surface area contributed by atoms with Crippen molar-refractivity contribution in [2.45, 2.75) is 76.4 Å². The van der Waals surface area contributed by atoms with Crippen LogP contribution in [0.2, 0.25) is 0 Å². The van der Waals surface area contributed by atoms with Crippen molar-refractivity contribution in [3.8, 4) is 0 Å². The number of hydrogen-bond donors (Lipinski definition) is 1. The van der Waals surface area contributed by atoms with Gasteiger partial charge in [-0.3, -0.25) is 9.69 Å². The van der Waals surface area contributed by atoms with E-state index in [1.54, 1.807) is 6.92 Å². The molecule has 1 aliphatic carbocycles. The van der Waals surface area contributed by atoms with Crippen LogP contribution in [0.15, 0.2) is 0 Å². The lowest BCUT2D eigenvalue weighted by Gasteiger charge is -2.37. The second-order valence-electron chi connectivity index (χ2n) is 6.95. The van der Waals surface area contributed by atoms with Crippen molar-refractivity contribution in [3.63, 3.8) is 0 Å². The third-order valence-electron chi connectivity index (χ3n) is 5.22. The van der Waals surface area contributed by atoms with E-state index in [0.717, 1.165) is 12.5 Å². The van der Waals surface area contributed by atoms with Gasteiger partial charge >= 0.3 is 5.97 Å². The zero-order chi connectivity index (χ0) is 14.8. The first-order chi connectivity index (χ1) is 9.45. The van der Waals surface area contributed by atoms with Crippen LogP contribution < -0.4 is 5.73 Å². The number of rotatable bonds is 5. The van der Waals surface area contributed by atoms with Crippen LogP contribution in [0.5, 0.6) is 0 Å². The second kappa shape index (κ2) is 6.44. The van der Waals surface area contributed by atoms with Gasteiger partial charge < -0.3 is 10.5 Å². The molecule has 116 valence electrons. The fraction of sp³-hybridized carbons (Fsp3) is 0.938. The number of likely N-dealkylation sites (tertiary alicyclic amines) is 1. The molecule has 4 heteroatoms. The summed E-state index contributed by atoms with van der Waals surface area (Å²) in [6, 6.07) is 1.05. The maximum absolute atomic E-state index is 11.8. The fourth-order valence-electron chi connectivity index (χ4n) is 4.26. The summed E-state index contributed by atoms with van der Waals surface area (Å²) < 4.78 is 4.82. The van der Waals surface area contributed by atoms with Crippen molar-refractivity contribution in [3.05, 3.63) is 0 Å². The maximum atomic E-state index is 11.8. The number of nitrogens with zero attached hydrogens (tertiary/aromatic N) is 1. The molecular formula is C16H30N2O2. The van der Waals surface area contributed by atoms with Crippen molar-refractivity contribution in [1.82, 2.24) is 4.90 Å². The highest BCUT2D eigenvalue weighted by molar-refractivity contribution is 5.79. The van der Waals surface area contributed by atoms with Gasteiger partial charge in [0.1, 0.15) is 5.54 Å². The van der Waals surface area contributed by atoms with Crippen molar-refractivity contribution in [2.24, 2.45) is 11.7 Å². The van der Waals surface area contributed by atoms with Gasteiger partial charge in [-0.05, 0) is 58.4 Å². The van der Waals surface area contributed by atoms with E-state index in [-0.39, 0.29) is 5.97 Å². The number of carbonyl (C=O) groups excluding carboxylic acids is 1. The Balaban J connectivity index is 1.96. The Kier molecular flexibility index (Phi) is 5.08. The summed E-state index contributed by atoms with van der Waals surface area (Å²) >= 11 is 0. The molecule has 0 aromatic carbocycles. The molecule has 0 spiro atoms. The Morgan fingerprint density at radius 3 is 2.60 bits per heavy atom. The number of esters is 1. The van der Waals surface area contributed by atoms with Gasteiger partial charge in [-0.25, -0.2) is 0 Å². The fourth-order valence-corrected chi connectivity index (χ4v) is 4.26. The third kappa shape index (κ3) is 3.34. The SMILES string of the molecule is COC(=O)C(C)(N)CC(C)N1CCCC1C1CCCC1. The molecule has 0 radical (unpaired) electrons. The molecule has 2 N–H and O–H groups in total. The number of methoxy groups -OCH3 is 1. The third-order valence-corrected chi connectivity index (χ3v) is 5.22. The van der Waals surface area contributed by atoms with E-state index in [2.05, 4.69) is 11.8 Å². The standard InChI is InChI=1S/C16H30N2O2/c1-12(11-16(2,17)15(19)20-3)18-10-6-9-14(18)13-7-4-5-8-13/h12-14H,4-11,17H2,1-3H3. The first-order valence-electron chi connectivity index (χ1n) is 8.09. The number of nitrogens with two attached hydrogens (primary N) is 1. The summed E-state index contributed by atoms with van der Waals surface area (Å²) in [6.07, 6.45) is 8.80. The van der Waals surface area contributed by atoms with E-state index in [4.69, 9.17) is 10.5 Å². The summed E-state index contributed by atoms with van der Waals surface area (Å²) in [5, 5.41) is 0. The molecule has 1 saturated heterocycles. The molecule has 0 aromatic rings. The summed E-state index contributed by atoms with van der Waals surface area (Å²) in [4.78, 5) is 14.4. The first kappa shape index (κ1) is 15.8. The number of carbonyl (C=O) groups is 1. The van der Waals surface area contributed by atoms with Gasteiger partial charge in [-0.15, -0.1) is 0 Å². The normalized spacial score (nSPS) is 29.3. The lowest BCUT2D eigenvalue weighted by atomic mass is 9.91. The highest BCUT2D eigenvalue weighted by Gasteiger charge is 2.39. The highest BCUT2D eigenvalue weighted by atomic mass is 16.5. The number of hydrogen-bond acceptors (Lipinski definition) is 4. The van der Waals surface area contributed by atoms with Crippen LogP contribution in [-0.2, 0) is 9.53 Å². The van der Waals surface area contributed by atoms with E-state index in [9.17, 15) is 4.79 Å². The van der Waals surface area contributed by atoms with Crippen LogP contribution in [0.1, 0.15) is 58.8 Å². The predicted octanol–water partition coefficient (Wildman–Crippen LogP) is 2.31. The topological polar surface area (TPSA) is 55.6 Å². The first-order valence-corrected chi connectivity index (χ1v) is 8.09. The van der Waals surface area contributed by atoms with Crippen LogP contribution in [0.3, 0.4) is 0 Å². The summed E-state index contributed by atoms with van der Waals surface area (Å²) in [5.41, 5.74) is 5.26. The number of ether oxygens (including phenoxy) is 1. The van der Waals surface area contributed by atoms with Crippen LogP contribution in [0, 0.1) is 5.92 Å². The van der Waals surface area contributed by atoms with Gasteiger partial charge in [0.05, 0.1) is 7.11 Å². The van der Waals surface area contributed by atoms with Crippen LogP contribution in [0.25, 0.3) is 0 Å². The van der Waals surface area contributed by atoms with Crippen LogP contribution in [0.4, 0.5) is 0 Å². The molecular weight excluding hydrogens is 252 g/mol. The Labute approximate surface area is 123 Å². The minimum Gasteiger partial charge on any atom is -0.468 e. The van der Waals surface area contributed by atoms with Crippen molar-refractivity contribution in [2.75, 3.05) is 13.7 Å². The van der Waals surface area contributed by atoms with Gasteiger partial charge in [0.25, 0.3) is 0 Å². The molecule has 1 heterocycles. The quantitative estimate of drug-likeness (QED) is 0.786. The molecule has 0 aromatic heterocycles. The Morgan fingerprint density at radius 2 is 2.00 bits per heavy atom. The zero-order valence-electron chi connectivity index (χ0n) is 13.2. The average Bonchev–Trinajstić information content (AvgIpc) is 3.06. The van der Waals surface area contributed by atoms with E-state index in [0.29, 0.717) is 18.5 Å². The molecule has 2 fully saturated rings. The lowest BCUT2D eigenvalue weighted by molar-refractivity contribution is -0.147. The van der Waals surface area contributed by atoms with Gasteiger partial charge in [0.2, 0.25) is 0 Å². The smallest absolute Gasteiger partial charge is 0.325 e. The van der Waals surface area contributed by atoms with Gasteiger partial charge in [0.15, 0.2) is 0 Å². The van der Waals surface area contributed by atoms with Crippen LogP contribution >= 0.6 is 0 Å². The van der Waals surface area contributed by atoms with E-state index < -0.39 is 5.54 Å². The van der Waals surface area contributed by atoms with Gasteiger partial charge in [0, 0.05) is 12.1 Å². The minimum atomic E-state index is -0.878. The largest absolute Gasteiger partial charge is 0.468 e. The molecule has 3 unspecified atom stereocenters. The molecule has 4 nitrogen and oxygen atoms in total. The molecule has 2 rings (SSSR count). The minimum absolute atomic E-state index is 0.305. The molecule has 2 aliphatic rings. The molecule has 1 saturated carbocycles. The van der Waals surface area contributed by atoms with Crippen molar-refractivity contribution in [1.29, 1.82) is 0 Å². The molecule has 3 atom stereocenters. The Hall–Kier alpha value is -0.610. The summed E-state index contributed by atoms with van der Waals surface area (Å²) in [6.45, 7) is 5.15. The summed E-state index contributed by atoms with van der Waals surface area (Å²) in [5.74, 6) is 0.558. The molecule has 0 amide bonds. The van der Waals surface area contributed by atoms with Crippen molar-refractivity contribution < 1.29 is 9.53 Å². The molecule has 1 aliphatic heterocycles. The van der Waals surface area contributed by atoms with Crippen molar-refractivity contribution >= 4 is 5.97 Å². The lowest BCUT2D eigenvalue weighted by Crippen LogP contribution is -2.52. The van der Waals surface area contributed by atoms with Gasteiger partial charge in [-0.1, -0.05) is 12.8 Å². The van der Waals surface area contributed by atoms with E-state index >= 15 is 0 Å². The van der Waals surface area contributed by atoms with Gasteiger partial charge in [-0.2, -0.15) is 0 Å². The highest BCUT2D eigenvalue weighted by Crippen LogP contribution is 2.37. The van der Waals surface area contributed by atoms with E-state index in [1.807, 2.05) is 0 Å². The molecule has 0 bridgehead atoms. The zero-order valence-corrected chi connectivity index (χ0v) is 13.2. The monoisotopic (exact) mass is 282 g/mol. The summed E-state index contributed by atoms with van der Waals surface area (Å²) in [7, 11) is 1.41. The maximum Gasteiger partial charge on any atom is 0.325 e. The van der Waals surface area contributed by atoms with Crippen LogP contribution in [-0.4, -0.2) is 42.1 Å². The Bertz CT molecular complexity index is 337. The predicted molar refractivity (Wildman–Crippen MR) is 80.4 cm³/mol. The average molecular weight is 282 g/mol. The second-order valence-corrected chi connectivity index (χ2v) is 6.95. The van der Waals surface area contributed by atoms with E-state index in [1.165, 1.54) is 45.6 Å². The molecule has 20 heavy (non-hydrogen) atoms. The Morgan fingerprint density at radius 1 is 1.35 bits per heavy atom.